The van der Waals surface area contributed by atoms with Gasteiger partial charge in [0.2, 0.25) is 0 Å². The van der Waals surface area contributed by atoms with Crippen LogP contribution in [-0.2, 0) is 6.54 Å². The Morgan fingerprint density at radius 1 is 1.43 bits per heavy atom. The number of nitro groups is 1. The lowest BCUT2D eigenvalue weighted by Crippen LogP contribution is -2.25. The number of hydrogen-bond donors (Lipinski definition) is 1. The van der Waals surface area contributed by atoms with Crippen molar-refractivity contribution >= 4 is 27.5 Å². The molecule has 0 radical (unpaired) electrons. The van der Waals surface area contributed by atoms with Gasteiger partial charge in [-0.3, -0.25) is 19.6 Å². The molecular formula is C13H13BrN4O3. The molecular weight excluding hydrogens is 340 g/mol. The zero-order valence-electron chi connectivity index (χ0n) is 11.0. The molecule has 7 nitrogen and oxygen atoms in total. The summed E-state index contributed by atoms with van der Waals surface area (Å²) in [5.41, 5.74) is 0.127. The molecule has 1 aromatic carbocycles. The minimum absolute atomic E-state index is 0.126. The largest absolute Gasteiger partial charge is 0.352 e. The van der Waals surface area contributed by atoms with E-state index >= 15 is 0 Å². The van der Waals surface area contributed by atoms with Gasteiger partial charge in [-0.25, -0.2) is 0 Å². The van der Waals surface area contributed by atoms with Gasteiger partial charge in [0, 0.05) is 31.5 Å². The average molecular weight is 353 g/mol. The Bertz CT molecular complexity index is 643. The number of nitrogens with zero attached hydrogens (tertiary/aromatic N) is 3. The number of aryl methyl sites for hydroxylation is 1. The van der Waals surface area contributed by atoms with Crippen LogP contribution in [0.2, 0.25) is 0 Å². The Balaban J connectivity index is 1.91. The summed E-state index contributed by atoms with van der Waals surface area (Å²) in [6, 6.07) is 6.21. The first-order valence-electron chi connectivity index (χ1n) is 6.28. The topological polar surface area (TPSA) is 90.1 Å². The molecule has 0 aliphatic carbocycles. The van der Waals surface area contributed by atoms with Gasteiger partial charge in [-0.2, -0.15) is 5.10 Å². The van der Waals surface area contributed by atoms with E-state index < -0.39 is 4.92 Å². The number of nitro benzene ring substituents is 1. The molecule has 2 rings (SSSR count). The Morgan fingerprint density at radius 3 is 2.90 bits per heavy atom. The van der Waals surface area contributed by atoms with Gasteiger partial charge in [0.05, 0.1) is 10.5 Å². The van der Waals surface area contributed by atoms with Crippen LogP contribution in [0.3, 0.4) is 0 Å². The third kappa shape index (κ3) is 3.88. The summed E-state index contributed by atoms with van der Waals surface area (Å²) < 4.78 is 1.97. The average Bonchev–Trinajstić information content (AvgIpc) is 2.96. The highest BCUT2D eigenvalue weighted by molar-refractivity contribution is 9.10. The SMILES string of the molecule is O=C(NCCCn1cccn1)c1cccc([N+](=O)[O-])c1Br. The number of rotatable bonds is 6. The fraction of sp³-hybridized carbons (Fsp3) is 0.231. The second-order valence-electron chi connectivity index (χ2n) is 4.27. The lowest BCUT2D eigenvalue weighted by Gasteiger charge is -2.07. The molecule has 0 saturated carbocycles. The first-order valence-corrected chi connectivity index (χ1v) is 7.07. The van der Waals surface area contributed by atoms with Gasteiger partial charge in [-0.1, -0.05) is 6.07 Å². The van der Waals surface area contributed by atoms with Gasteiger partial charge in [-0.15, -0.1) is 0 Å². The maximum Gasteiger partial charge on any atom is 0.284 e. The van der Waals surface area contributed by atoms with E-state index in [2.05, 4.69) is 26.3 Å². The summed E-state index contributed by atoms with van der Waals surface area (Å²) in [6.45, 7) is 1.16. The van der Waals surface area contributed by atoms with Crippen LogP contribution in [0, 0.1) is 10.1 Å². The van der Waals surface area contributed by atoms with E-state index in [0.717, 1.165) is 6.42 Å². The summed E-state index contributed by atoms with van der Waals surface area (Å²) in [6.07, 6.45) is 4.26. The van der Waals surface area contributed by atoms with Crippen molar-refractivity contribution in [2.24, 2.45) is 0 Å². The number of carbonyl (C=O) groups is 1. The summed E-state index contributed by atoms with van der Waals surface area (Å²) >= 11 is 3.11. The smallest absolute Gasteiger partial charge is 0.284 e. The van der Waals surface area contributed by atoms with Crippen molar-refractivity contribution in [1.29, 1.82) is 0 Å². The van der Waals surface area contributed by atoms with E-state index in [0.29, 0.717) is 13.1 Å². The Hall–Kier alpha value is -2.22. The third-order valence-electron chi connectivity index (χ3n) is 2.83. The first kappa shape index (κ1) is 15.2. The molecule has 1 amide bonds. The fourth-order valence-corrected chi connectivity index (χ4v) is 2.40. The zero-order valence-corrected chi connectivity index (χ0v) is 12.6. The van der Waals surface area contributed by atoms with E-state index in [1.54, 1.807) is 16.9 Å². The Morgan fingerprint density at radius 2 is 2.24 bits per heavy atom. The predicted octanol–water partition coefficient (Wildman–Crippen LogP) is 2.37. The molecule has 110 valence electrons. The molecule has 0 spiro atoms. The number of aromatic nitrogens is 2. The van der Waals surface area contributed by atoms with Crippen LogP contribution in [0.1, 0.15) is 16.8 Å². The van der Waals surface area contributed by atoms with Crippen molar-refractivity contribution in [3.05, 3.63) is 56.8 Å². The molecule has 1 heterocycles. The maximum absolute atomic E-state index is 12.0. The van der Waals surface area contributed by atoms with Crippen LogP contribution >= 0.6 is 15.9 Å². The molecule has 0 bridgehead atoms. The third-order valence-corrected chi connectivity index (χ3v) is 3.66. The number of nitrogens with one attached hydrogen (secondary N) is 1. The van der Waals surface area contributed by atoms with Crippen LogP contribution in [0.5, 0.6) is 0 Å². The summed E-state index contributed by atoms with van der Waals surface area (Å²) in [5, 5.41) is 17.6. The standard InChI is InChI=1S/C13H13BrN4O3/c14-12-10(4-1-5-11(12)18(20)21)13(19)15-6-2-8-17-9-3-7-16-17/h1,3-5,7,9H,2,6,8H2,(H,15,19). The van der Waals surface area contributed by atoms with Crippen molar-refractivity contribution in [1.82, 2.24) is 15.1 Å². The monoisotopic (exact) mass is 352 g/mol. The second-order valence-corrected chi connectivity index (χ2v) is 5.07. The minimum Gasteiger partial charge on any atom is -0.352 e. The molecule has 0 saturated heterocycles. The van der Waals surface area contributed by atoms with Crippen LogP contribution in [0.4, 0.5) is 5.69 Å². The highest BCUT2D eigenvalue weighted by atomic mass is 79.9. The lowest BCUT2D eigenvalue weighted by molar-refractivity contribution is -0.385. The molecule has 2 aromatic rings. The highest BCUT2D eigenvalue weighted by Gasteiger charge is 2.18. The van der Waals surface area contributed by atoms with Crippen LogP contribution in [-0.4, -0.2) is 27.2 Å². The van der Waals surface area contributed by atoms with Crippen LogP contribution in [0.25, 0.3) is 0 Å². The van der Waals surface area contributed by atoms with E-state index in [1.165, 1.54) is 12.1 Å². The van der Waals surface area contributed by atoms with Gasteiger partial charge in [0.1, 0.15) is 4.47 Å². The summed E-state index contributed by atoms with van der Waals surface area (Å²) in [4.78, 5) is 22.3. The Kier molecular flexibility index (Phi) is 5.04. The summed E-state index contributed by atoms with van der Waals surface area (Å²) in [7, 11) is 0. The quantitative estimate of drug-likeness (QED) is 0.490. The van der Waals surface area contributed by atoms with Gasteiger partial charge in [-0.05, 0) is 34.5 Å². The molecule has 1 N–H and O–H groups in total. The molecule has 0 atom stereocenters. The highest BCUT2D eigenvalue weighted by Crippen LogP contribution is 2.28. The number of halogens is 1. The normalized spacial score (nSPS) is 10.3. The van der Waals surface area contributed by atoms with Crippen molar-refractivity contribution < 1.29 is 9.72 Å². The van der Waals surface area contributed by atoms with Crippen molar-refractivity contribution in [3.8, 4) is 0 Å². The number of amides is 1. The van der Waals surface area contributed by atoms with Crippen LogP contribution in [0.15, 0.2) is 41.1 Å². The molecule has 0 fully saturated rings. The molecule has 8 heteroatoms. The first-order chi connectivity index (χ1) is 10.1. The molecule has 1 aromatic heterocycles. The molecule has 0 unspecified atom stereocenters. The summed E-state index contributed by atoms with van der Waals surface area (Å²) in [5.74, 6) is -0.342. The number of benzene rings is 1. The van der Waals surface area contributed by atoms with E-state index in [4.69, 9.17) is 0 Å². The van der Waals surface area contributed by atoms with E-state index in [1.807, 2.05) is 12.3 Å². The van der Waals surface area contributed by atoms with Crippen LogP contribution < -0.4 is 5.32 Å². The predicted molar refractivity (Wildman–Crippen MR) is 80.0 cm³/mol. The fourth-order valence-electron chi connectivity index (χ4n) is 1.81. The van der Waals surface area contributed by atoms with E-state index in [9.17, 15) is 14.9 Å². The zero-order chi connectivity index (χ0) is 15.2. The van der Waals surface area contributed by atoms with Gasteiger partial charge < -0.3 is 5.32 Å². The van der Waals surface area contributed by atoms with Crippen molar-refractivity contribution in [2.75, 3.05) is 6.54 Å². The molecule has 0 aliphatic heterocycles. The van der Waals surface area contributed by atoms with Gasteiger partial charge >= 0.3 is 0 Å². The second kappa shape index (κ2) is 6.98. The van der Waals surface area contributed by atoms with Gasteiger partial charge in [0.15, 0.2) is 0 Å². The molecule has 21 heavy (non-hydrogen) atoms. The van der Waals surface area contributed by atoms with Crippen molar-refractivity contribution in [3.63, 3.8) is 0 Å². The maximum atomic E-state index is 12.0. The van der Waals surface area contributed by atoms with Crippen molar-refractivity contribution in [2.45, 2.75) is 13.0 Å². The molecule has 0 aliphatic rings. The lowest BCUT2D eigenvalue weighted by atomic mass is 10.2. The van der Waals surface area contributed by atoms with E-state index in [-0.39, 0.29) is 21.6 Å². The Labute approximate surface area is 129 Å². The van der Waals surface area contributed by atoms with Gasteiger partial charge in [0.25, 0.3) is 11.6 Å². The number of carbonyl (C=O) groups excluding carboxylic acids is 1. The minimum atomic E-state index is -0.529. The number of hydrogen-bond acceptors (Lipinski definition) is 4.